The molecule has 146 valence electrons. The average molecular weight is 410 g/mol. The predicted octanol–water partition coefficient (Wildman–Crippen LogP) is 2.78. The highest BCUT2D eigenvalue weighted by Gasteiger charge is 2.11. The van der Waals surface area contributed by atoms with E-state index in [-0.39, 0.29) is 6.10 Å². The van der Waals surface area contributed by atoms with Crippen LogP contribution in [0.25, 0.3) is 11.1 Å². The number of nitrogens with zero attached hydrogens (tertiary/aromatic N) is 8. The SMILES string of the molecule is C[C@@H](Cn1cnnn1)Oc1cc(-c2cnc(Nc3cncnc3)nc2)ccc1Cl. The molecule has 1 N–H and O–H groups in total. The number of hydrogen-bond acceptors (Lipinski definition) is 9. The predicted molar refractivity (Wildman–Crippen MR) is 106 cm³/mol. The van der Waals surface area contributed by atoms with Gasteiger partial charge in [-0.25, -0.2) is 24.6 Å². The van der Waals surface area contributed by atoms with Crippen LogP contribution in [0, 0.1) is 0 Å². The Kier molecular flexibility index (Phi) is 5.52. The van der Waals surface area contributed by atoms with Crippen LogP contribution in [-0.2, 0) is 6.54 Å². The maximum Gasteiger partial charge on any atom is 0.227 e. The standard InChI is InChI=1S/C18H16ClN9O/c1-12(9-28-11-24-26-27-28)29-17-4-13(2-3-16(17)19)14-5-22-18(23-6-14)25-15-7-20-10-21-8-15/h2-8,10-12H,9H2,1H3,(H,22,23,25)/t12-/m0/s1. The maximum atomic E-state index is 6.30. The van der Waals surface area contributed by atoms with E-state index in [1.807, 2.05) is 19.1 Å². The third-order valence-electron chi connectivity index (χ3n) is 3.90. The van der Waals surface area contributed by atoms with Crippen molar-refractivity contribution in [2.24, 2.45) is 0 Å². The summed E-state index contributed by atoms with van der Waals surface area (Å²) in [7, 11) is 0. The Morgan fingerprint density at radius 1 is 1.10 bits per heavy atom. The first-order valence-corrected chi connectivity index (χ1v) is 9.06. The molecule has 4 aromatic rings. The second-order valence-corrected chi connectivity index (χ2v) is 6.56. The van der Waals surface area contributed by atoms with E-state index in [0.29, 0.717) is 29.0 Å². The van der Waals surface area contributed by atoms with Gasteiger partial charge >= 0.3 is 0 Å². The molecule has 3 heterocycles. The highest BCUT2D eigenvalue weighted by atomic mass is 35.5. The van der Waals surface area contributed by atoms with Gasteiger partial charge in [-0.1, -0.05) is 17.7 Å². The van der Waals surface area contributed by atoms with Gasteiger partial charge in [0.25, 0.3) is 0 Å². The van der Waals surface area contributed by atoms with Crippen molar-refractivity contribution in [1.82, 2.24) is 40.1 Å². The summed E-state index contributed by atoms with van der Waals surface area (Å²) in [4.78, 5) is 16.6. The second-order valence-electron chi connectivity index (χ2n) is 6.15. The summed E-state index contributed by atoms with van der Waals surface area (Å²) in [6.07, 6.45) is 9.54. The van der Waals surface area contributed by atoms with Gasteiger partial charge in [-0.3, -0.25) is 0 Å². The minimum atomic E-state index is -0.179. The molecule has 0 aliphatic rings. The van der Waals surface area contributed by atoms with Gasteiger partial charge in [0.15, 0.2) is 0 Å². The Bertz CT molecular complexity index is 1060. The molecule has 0 aliphatic carbocycles. The number of tetrazole rings is 1. The van der Waals surface area contributed by atoms with Gasteiger partial charge in [-0.05, 0) is 35.0 Å². The molecule has 0 bridgehead atoms. The van der Waals surface area contributed by atoms with Crippen molar-refractivity contribution in [3.05, 3.63) is 60.7 Å². The fraction of sp³-hybridized carbons (Fsp3) is 0.167. The largest absolute Gasteiger partial charge is 0.487 e. The van der Waals surface area contributed by atoms with Crippen LogP contribution in [0.4, 0.5) is 11.6 Å². The molecular weight excluding hydrogens is 394 g/mol. The molecule has 1 aromatic carbocycles. The van der Waals surface area contributed by atoms with E-state index < -0.39 is 0 Å². The van der Waals surface area contributed by atoms with Crippen LogP contribution in [-0.4, -0.2) is 46.2 Å². The van der Waals surface area contributed by atoms with Crippen LogP contribution in [0.1, 0.15) is 6.92 Å². The molecule has 29 heavy (non-hydrogen) atoms. The number of benzene rings is 1. The molecule has 0 amide bonds. The maximum absolute atomic E-state index is 6.30. The van der Waals surface area contributed by atoms with Crippen molar-refractivity contribution in [2.45, 2.75) is 19.6 Å². The van der Waals surface area contributed by atoms with Crippen LogP contribution < -0.4 is 10.1 Å². The molecule has 0 radical (unpaired) electrons. The second kappa shape index (κ2) is 8.57. The lowest BCUT2D eigenvalue weighted by molar-refractivity contribution is 0.193. The van der Waals surface area contributed by atoms with Crippen LogP contribution in [0.2, 0.25) is 5.02 Å². The summed E-state index contributed by atoms with van der Waals surface area (Å²) in [6.45, 7) is 2.42. The number of aromatic nitrogens is 8. The Labute approximate surface area is 171 Å². The lowest BCUT2D eigenvalue weighted by Crippen LogP contribution is -2.20. The fourth-order valence-corrected chi connectivity index (χ4v) is 2.75. The number of anilines is 2. The van der Waals surface area contributed by atoms with Crippen LogP contribution in [0.15, 0.2) is 55.6 Å². The zero-order valence-electron chi connectivity index (χ0n) is 15.3. The molecule has 4 rings (SSSR count). The molecular formula is C18H16ClN9O. The first-order valence-electron chi connectivity index (χ1n) is 8.69. The monoisotopic (exact) mass is 409 g/mol. The molecule has 0 saturated carbocycles. The van der Waals surface area contributed by atoms with Gasteiger partial charge in [-0.15, -0.1) is 5.10 Å². The van der Waals surface area contributed by atoms with E-state index >= 15 is 0 Å². The van der Waals surface area contributed by atoms with Crippen molar-refractivity contribution >= 4 is 23.2 Å². The molecule has 0 saturated heterocycles. The van der Waals surface area contributed by atoms with Crippen molar-refractivity contribution in [3.8, 4) is 16.9 Å². The molecule has 3 aromatic heterocycles. The topological polar surface area (TPSA) is 116 Å². The van der Waals surface area contributed by atoms with Crippen molar-refractivity contribution in [3.63, 3.8) is 0 Å². The zero-order chi connectivity index (χ0) is 20.1. The molecule has 11 heteroatoms. The number of nitrogens with one attached hydrogen (secondary N) is 1. The minimum Gasteiger partial charge on any atom is -0.487 e. The van der Waals surface area contributed by atoms with Crippen LogP contribution in [0.3, 0.4) is 0 Å². The molecule has 0 spiro atoms. The first-order chi connectivity index (χ1) is 14.2. The lowest BCUT2D eigenvalue weighted by Gasteiger charge is -2.16. The molecule has 0 aliphatic heterocycles. The van der Waals surface area contributed by atoms with Gasteiger partial charge in [-0.2, -0.15) is 0 Å². The Morgan fingerprint density at radius 2 is 1.90 bits per heavy atom. The van der Waals surface area contributed by atoms with Crippen molar-refractivity contribution in [1.29, 1.82) is 0 Å². The van der Waals surface area contributed by atoms with Crippen molar-refractivity contribution in [2.75, 3.05) is 5.32 Å². The van der Waals surface area contributed by atoms with Crippen LogP contribution in [0.5, 0.6) is 5.75 Å². The molecule has 1 atom stereocenters. The lowest BCUT2D eigenvalue weighted by atomic mass is 10.1. The number of ether oxygens (including phenoxy) is 1. The van der Waals surface area contributed by atoms with Crippen molar-refractivity contribution < 1.29 is 4.74 Å². The van der Waals surface area contributed by atoms with E-state index in [4.69, 9.17) is 16.3 Å². The highest BCUT2D eigenvalue weighted by Crippen LogP contribution is 2.31. The third kappa shape index (κ3) is 4.79. The first kappa shape index (κ1) is 18.7. The zero-order valence-corrected chi connectivity index (χ0v) is 16.1. The van der Waals surface area contributed by atoms with E-state index in [9.17, 15) is 0 Å². The molecule has 0 unspecified atom stereocenters. The van der Waals surface area contributed by atoms with Crippen LogP contribution >= 0.6 is 11.6 Å². The quantitative estimate of drug-likeness (QED) is 0.491. The van der Waals surface area contributed by atoms with Gasteiger partial charge < -0.3 is 10.1 Å². The number of rotatable bonds is 7. The Hall–Kier alpha value is -3.66. The van der Waals surface area contributed by atoms with Gasteiger partial charge in [0.1, 0.15) is 24.5 Å². The number of halogens is 1. The fourth-order valence-electron chi connectivity index (χ4n) is 2.59. The highest BCUT2D eigenvalue weighted by molar-refractivity contribution is 6.32. The van der Waals surface area contributed by atoms with E-state index in [1.165, 1.54) is 12.7 Å². The Morgan fingerprint density at radius 3 is 2.62 bits per heavy atom. The molecule has 0 fully saturated rings. The van der Waals surface area contributed by atoms with Gasteiger partial charge in [0.05, 0.1) is 29.6 Å². The van der Waals surface area contributed by atoms with E-state index in [2.05, 4.69) is 40.8 Å². The average Bonchev–Trinajstić information content (AvgIpc) is 3.24. The molecule has 10 nitrogen and oxygen atoms in total. The van der Waals surface area contributed by atoms with E-state index in [0.717, 1.165) is 11.1 Å². The summed E-state index contributed by atoms with van der Waals surface area (Å²) >= 11 is 6.30. The summed E-state index contributed by atoms with van der Waals surface area (Å²) in [5.41, 5.74) is 2.42. The summed E-state index contributed by atoms with van der Waals surface area (Å²) in [5, 5.41) is 14.6. The smallest absolute Gasteiger partial charge is 0.227 e. The summed E-state index contributed by atoms with van der Waals surface area (Å²) in [6, 6.07) is 5.52. The van der Waals surface area contributed by atoms with Gasteiger partial charge in [0.2, 0.25) is 5.95 Å². The Balaban J connectivity index is 1.47. The number of hydrogen-bond donors (Lipinski definition) is 1. The van der Waals surface area contributed by atoms with E-state index in [1.54, 1.807) is 35.5 Å². The summed E-state index contributed by atoms with van der Waals surface area (Å²) in [5.74, 6) is 1.01. The minimum absolute atomic E-state index is 0.179. The third-order valence-corrected chi connectivity index (χ3v) is 4.21. The van der Waals surface area contributed by atoms with Gasteiger partial charge in [0, 0.05) is 18.0 Å². The summed E-state index contributed by atoms with van der Waals surface area (Å²) < 4.78 is 7.56. The normalized spacial score (nSPS) is 11.8.